The second-order valence-electron chi connectivity index (χ2n) is 7.66. The Kier molecular flexibility index (Phi) is 4.04. The van der Waals surface area contributed by atoms with Gasteiger partial charge in [0.1, 0.15) is 12.4 Å². The third kappa shape index (κ3) is 3.37. The van der Waals surface area contributed by atoms with Crippen molar-refractivity contribution in [2.75, 3.05) is 6.61 Å². The van der Waals surface area contributed by atoms with Gasteiger partial charge in [-0.1, -0.05) is 12.1 Å². The number of benzene rings is 1. The molecule has 130 valence electrons. The summed E-state index contributed by atoms with van der Waals surface area (Å²) >= 11 is 0. The van der Waals surface area contributed by atoms with E-state index in [0.29, 0.717) is 12.4 Å². The number of nitrogens with one attached hydrogen (secondary N) is 1. The molecule has 1 aromatic rings. The highest BCUT2D eigenvalue weighted by Gasteiger charge is 2.51. The zero-order valence-corrected chi connectivity index (χ0v) is 14.6. The lowest BCUT2D eigenvalue weighted by Crippen LogP contribution is -2.41. The monoisotopic (exact) mass is 333 g/mol. The van der Waals surface area contributed by atoms with Crippen LogP contribution in [-0.4, -0.2) is 41.7 Å². The maximum atomic E-state index is 10.8. The molecular weight excluding hydrogens is 309 g/mol. The third-order valence-corrected chi connectivity index (χ3v) is 5.15. The summed E-state index contributed by atoms with van der Waals surface area (Å²) in [5.74, 6) is 0.703. The van der Waals surface area contributed by atoms with E-state index in [1.165, 1.54) is 0 Å². The number of hydrogen-bond donors (Lipinski definition) is 2. The minimum atomic E-state index is -1.01. The minimum absolute atomic E-state index is 0.342. The summed E-state index contributed by atoms with van der Waals surface area (Å²) in [6.45, 7) is 8.43. The average Bonchev–Trinajstić information content (AvgIpc) is 3.18. The van der Waals surface area contributed by atoms with Crippen LogP contribution in [0.25, 0.3) is 0 Å². The molecular formula is C17H24BNO5. The van der Waals surface area contributed by atoms with Crippen molar-refractivity contribution >= 4 is 18.7 Å². The van der Waals surface area contributed by atoms with Gasteiger partial charge < -0.3 is 24.5 Å². The van der Waals surface area contributed by atoms with E-state index in [1.54, 1.807) is 0 Å². The number of rotatable bonds is 5. The van der Waals surface area contributed by atoms with Gasteiger partial charge in [0, 0.05) is 0 Å². The molecule has 0 radical (unpaired) electrons. The normalized spacial score (nSPS) is 22.9. The molecule has 6 nitrogen and oxygen atoms in total. The molecule has 1 amide bonds. The van der Waals surface area contributed by atoms with Crippen molar-refractivity contribution in [3.8, 4) is 5.75 Å². The Morgan fingerprint density at radius 2 is 1.71 bits per heavy atom. The Balaban J connectivity index is 1.60. The summed E-state index contributed by atoms with van der Waals surface area (Å²) in [5.41, 5.74) is -0.219. The molecule has 2 N–H and O–H groups in total. The summed E-state index contributed by atoms with van der Waals surface area (Å²) in [4.78, 5) is 10.8. The zero-order chi connectivity index (χ0) is 17.6. The van der Waals surface area contributed by atoms with Crippen LogP contribution in [0.2, 0.25) is 0 Å². The lowest BCUT2D eigenvalue weighted by atomic mass is 9.79. The molecule has 0 unspecified atom stereocenters. The van der Waals surface area contributed by atoms with E-state index >= 15 is 0 Å². The molecule has 1 aliphatic carbocycles. The minimum Gasteiger partial charge on any atom is -0.491 e. The molecule has 2 aliphatic rings. The van der Waals surface area contributed by atoms with E-state index in [1.807, 2.05) is 52.0 Å². The highest BCUT2D eigenvalue weighted by atomic mass is 16.7. The number of carbonyl (C=O) groups is 1. The molecule has 1 heterocycles. The molecule has 0 bridgehead atoms. The number of carboxylic acid groups (broad SMARTS) is 1. The van der Waals surface area contributed by atoms with Crippen molar-refractivity contribution in [1.82, 2.24) is 5.32 Å². The van der Waals surface area contributed by atoms with E-state index < -0.39 is 18.8 Å². The standard InChI is InChI=1S/C17H24BNO5/c1-15(2)16(3,4)24-18(23-15)12-5-7-13(8-6-12)22-11-17(9-10-17)19-14(20)21/h5-8,19H,9-11H2,1-4H3,(H,20,21). The Hall–Kier alpha value is -1.73. The van der Waals surface area contributed by atoms with Gasteiger partial charge in [-0.25, -0.2) is 4.79 Å². The summed E-state index contributed by atoms with van der Waals surface area (Å²) in [7, 11) is -0.396. The first-order valence-corrected chi connectivity index (χ1v) is 8.22. The molecule has 0 spiro atoms. The van der Waals surface area contributed by atoms with Crippen LogP contribution in [0.1, 0.15) is 40.5 Å². The van der Waals surface area contributed by atoms with Crippen molar-refractivity contribution < 1.29 is 23.9 Å². The third-order valence-electron chi connectivity index (χ3n) is 5.15. The fourth-order valence-electron chi connectivity index (χ4n) is 2.60. The van der Waals surface area contributed by atoms with Crippen LogP contribution in [0, 0.1) is 0 Å². The SMILES string of the molecule is CC1(C)OB(c2ccc(OCC3(NC(=O)O)CC3)cc2)OC1(C)C. The van der Waals surface area contributed by atoms with E-state index in [0.717, 1.165) is 18.3 Å². The highest BCUT2D eigenvalue weighted by Crippen LogP contribution is 2.37. The van der Waals surface area contributed by atoms with Crippen molar-refractivity contribution in [3.05, 3.63) is 24.3 Å². The van der Waals surface area contributed by atoms with Crippen LogP contribution in [-0.2, 0) is 9.31 Å². The fourth-order valence-corrected chi connectivity index (χ4v) is 2.60. The molecule has 0 aromatic heterocycles. The lowest BCUT2D eigenvalue weighted by molar-refractivity contribution is 0.00578. The van der Waals surface area contributed by atoms with Crippen molar-refractivity contribution in [2.45, 2.75) is 57.3 Å². The van der Waals surface area contributed by atoms with Gasteiger partial charge >= 0.3 is 13.2 Å². The topological polar surface area (TPSA) is 77.0 Å². The Labute approximate surface area is 142 Å². The molecule has 1 saturated heterocycles. The van der Waals surface area contributed by atoms with Gasteiger partial charge in [-0.15, -0.1) is 0 Å². The van der Waals surface area contributed by atoms with E-state index in [2.05, 4.69) is 5.32 Å². The predicted octanol–water partition coefficient (Wildman–Crippen LogP) is 2.16. The van der Waals surface area contributed by atoms with Gasteiger partial charge in [0.15, 0.2) is 0 Å². The molecule has 0 atom stereocenters. The quantitative estimate of drug-likeness (QED) is 0.808. The van der Waals surface area contributed by atoms with E-state index in [-0.39, 0.29) is 11.2 Å². The first-order valence-electron chi connectivity index (χ1n) is 8.22. The lowest BCUT2D eigenvalue weighted by Gasteiger charge is -2.32. The van der Waals surface area contributed by atoms with Gasteiger partial charge in [-0.3, -0.25) is 0 Å². The van der Waals surface area contributed by atoms with Gasteiger partial charge in [-0.2, -0.15) is 0 Å². The second kappa shape index (κ2) is 5.67. The Morgan fingerprint density at radius 1 is 1.17 bits per heavy atom. The molecule has 24 heavy (non-hydrogen) atoms. The van der Waals surface area contributed by atoms with E-state index in [4.69, 9.17) is 19.2 Å². The van der Waals surface area contributed by atoms with Crippen molar-refractivity contribution in [2.24, 2.45) is 0 Å². The summed E-state index contributed by atoms with van der Waals surface area (Å²) in [5, 5.41) is 11.4. The molecule has 1 saturated carbocycles. The van der Waals surface area contributed by atoms with Gasteiger partial charge in [-0.05, 0) is 58.1 Å². The second-order valence-corrected chi connectivity index (χ2v) is 7.66. The van der Waals surface area contributed by atoms with Gasteiger partial charge in [0.05, 0.1) is 16.7 Å². The summed E-state index contributed by atoms with van der Waals surface area (Å²) in [6.07, 6.45) is 0.614. The zero-order valence-electron chi connectivity index (χ0n) is 14.6. The van der Waals surface area contributed by atoms with Gasteiger partial charge in [0.25, 0.3) is 0 Å². The van der Waals surface area contributed by atoms with Crippen LogP contribution in [0.4, 0.5) is 4.79 Å². The molecule has 7 heteroatoms. The van der Waals surface area contributed by atoms with Crippen molar-refractivity contribution in [3.63, 3.8) is 0 Å². The first kappa shape index (κ1) is 17.1. The fraction of sp³-hybridized carbons (Fsp3) is 0.588. The number of ether oxygens (including phenoxy) is 1. The largest absolute Gasteiger partial charge is 0.494 e. The van der Waals surface area contributed by atoms with Crippen LogP contribution in [0.15, 0.2) is 24.3 Å². The van der Waals surface area contributed by atoms with Crippen LogP contribution in [0.5, 0.6) is 5.75 Å². The highest BCUT2D eigenvalue weighted by molar-refractivity contribution is 6.62. The number of amides is 1. The van der Waals surface area contributed by atoms with Crippen LogP contribution >= 0.6 is 0 Å². The van der Waals surface area contributed by atoms with Crippen molar-refractivity contribution in [1.29, 1.82) is 0 Å². The summed E-state index contributed by atoms with van der Waals surface area (Å²) < 4.78 is 17.8. The maximum absolute atomic E-state index is 10.8. The molecule has 1 aliphatic heterocycles. The molecule has 2 fully saturated rings. The Morgan fingerprint density at radius 3 is 2.17 bits per heavy atom. The smallest absolute Gasteiger partial charge is 0.491 e. The predicted molar refractivity (Wildman–Crippen MR) is 90.8 cm³/mol. The average molecular weight is 333 g/mol. The molecule has 3 rings (SSSR count). The number of hydrogen-bond acceptors (Lipinski definition) is 4. The summed E-state index contributed by atoms with van der Waals surface area (Å²) in [6, 6.07) is 7.55. The van der Waals surface area contributed by atoms with E-state index in [9.17, 15) is 4.79 Å². The maximum Gasteiger partial charge on any atom is 0.494 e. The Bertz CT molecular complexity index is 608. The van der Waals surface area contributed by atoms with Crippen LogP contribution < -0.4 is 15.5 Å². The molecule has 1 aromatic carbocycles. The van der Waals surface area contributed by atoms with Crippen LogP contribution in [0.3, 0.4) is 0 Å². The first-order chi connectivity index (χ1) is 11.1. The van der Waals surface area contributed by atoms with Gasteiger partial charge in [0.2, 0.25) is 0 Å².